The third-order valence-corrected chi connectivity index (χ3v) is 4.90. The van der Waals surface area contributed by atoms with Crippen LogP contribution in [0.3, 0.4) is 0 Å². The molecule has 0 bridgehead atoms. The van der Waals surface area contributed by atoms with Crippen molar-refractivity contribution in [2.24, 2.45) is 11.8 Å². The summed E-state index contributed by atoms with van der Waals surface area (Å²) in [7, 11) is 1.32. The van der Waals surface area contributed by atoms with E-state index in [1.54, 1.807) is 13.0 Å². The van der Waals surface area contributed by atoms with Crippen molar-refractivity contribution in [3.05, 3.63) is 23.3 Å². The molecule has 1 aliphatic heterocycles. The number of carbonyl (C=O) groups excluding carboxylic acids is 2. The van der Waals surface area contributed by atoms with E-state index in [1.807, 2.05) is 6.92 Å². The minimum Gasteiger partial charge on any atom is -0.464 e. The predicted molar refractivity (Wildman–Crippen MR) is 87.8 cm³/mol. The van der Waals surface area contributed by atoms with Crippen molar-refractivity contribution >= 4 is 12.1 Å². The molecule has 0 unspecified atom stereocenters. The van der Waals surface area contributed by atoms with Crippen LogP contribution in [0.5, 0.6) is 0 Å². The van der Waals surface area contributed by atoms with Crippen molar-refractivity contribution in [3.63, 3.8) is 0 Å². The second-order valence-electron chi connectivity index (χ2n) is 6.27. The highest BCUT2D eigenvalue weighted by Gasteiger charge is 2.43. The molecule has 6 nitrogen and oxygen atoms in total. The maximum atomic E-state index is 12.3. The van der Waals surface area contributed by atoms with Gasteiger partial charge in [-0.05, 0) is 56.1 Å². The van der Waals surface area contributed by atoms with E-state index in [-0.39, 0.29) is 12.6 Å². The maximum Gasteiger partial charge on any atom is 0.410 e. The summed E-state index contributed by atoms with van der Waals surface area (Å²) in [6.45, 7) is 4.46. The summed E-state index contributed by atoms with van der Waals surface area (Å²) in [5.41, 5.74) is 2.13. The molecular weight excluding hydrogens is 308 g/mol. The van der Waals surface area contributed by atoms with Crippen LogP contribution < -0.4 is 0 Å². The smallest absolute Gasteiger partial charge is 0.410 e. The van der Waals surface area contributed by atoms with Crippen LogP contribution in [0, 0.1) is 23.2 Å². The van der Waals surface area contributed by atoms with Gasteiger partial charge in [0.25, 0.3) is 0 Å². The van der Waals surface area contributed by atoms with Crippen molar-refractivity contribution in [2.45, 2.75) is 39.2 Å². The molecule has 3 atom stereocenters. The van der Waals surface area contributed by atoms with Gasteiger partial charge in [-0.25, -0.2) is 9.59 Å². The van der Waals surface area contributed by atoms with Crippen molar-refractivity contribution in [3.8, 4) is 6.07 Å². The second-order valence-corrected chi connectivity index (χ2v) is 6.27. The lowest BCUT2D eigenvalue weighted by Crippen LogP contribution is -2.54. The highest BCUT2D eigenvalue weighted by atomic mass is 16.6. The van der Waals surface area contributed by atoms with Gasteiger partial charge in [0.1, 0.15) is 6.04 Å². The second kappa shape index (κ2) is 8.00. The van der Waals surface area contributed by atoms with Crippen LogP contribution in [-0.2, 0) is 14.3 Å². The van der Waals surface area contributed by atoms with Crippen LogP contribution in [0.1, 0.15) is 33.1 Å². The third kappa shape index (κ3) is 3.78. The van der Waals surface area contributed by atoms with Crippen molar-refractivity contribution in [2.75, 3.05) is 20.3 Å². The minimum absolute atomic E-state index is 0.285. The molecule has 1 fully saturated rings. The fourth-order valence-corrected chi connectivity index (χ4v) is 3.60. The summed E-state index contributed by atoms with van der Waals surface area (Å²) in [6, 6.07) is 1.46. The first-order chi connectivity index (χ1) is 11.5. The average molecular weight is 332 g/mol. The summed E-state index contributed by atoms with van der Waals surface area (Å²) in [5, 5.41) is 8.82. The van der Waals surface area contributed by atoms with E-state index < -0.39 is 12.1 Å². The van der Waals surface area contributed by atoms with Gasteiger partial charge in [-0.2, -0.15) is 5.26 Å². The molecule has 2 rings (SSSR count). The lowest BCUT2D eigenvalue weighted by Gasteiger charge is -2.44. The van der Waals surface area contributed by atoms with Crippen LogP contribution in [0.25, 0.3) is 0 Å². The molecule has 1 aliphatic carbocycles. The number of hydrogen-bond acceptors (Lipinski definition) is 5. The lowest BCUT2D eigenvalue weighted by molar-refractivity contribution is -0.151. The van der Waals surface area contributed by atoms with Crippen molar-refractivity contribution in [1.29, 1.82) is 5.26 Å². The number of rotatable bonds is 3. The fourth-order valence-electron chi connectivity index (χ4n) is 3.60. The van der Waals surface area contributed by atoms with E-state index in [2.05, 4.69) is 12.1 Å². The Morgan fingerprint density at radius 1 is 1.46 bits per heavy atom. The average Bonchev–Trinajstić information content (AvgIpc) is 2.59. The fraction of sp³-hybridized carbons (Fsp3) is 0.611. The molecule has 0 saturated carbocycles. The summed E-state index contributed by atoms with van der Waals surface area (Å²) in [4.78, 5) is 25.8. The SMILES string of the molecule is CCOC(=O)[C@@H]1C[C@H]2CC(/C(C)=C/C#N)=CC[C@H]2CN1C(=O)OC. The molecule has 1 amide bonds. The zero-order chi connectivity index (χ0) is 17.7. The third-order valence-electron chi connectivity index (χ3n) is 4.90. The number of likely N-dealkylation sites (tertiary alicyclic amines) is 1. The van der Waals surface area contributed by atoms with Crippen LogP contribution in [0.4, 0.5) is 4.79 Å². The number of methoxy groups -OCH3 is 1. The molecule has 0 radical (unpaired) electrons. The summed E-state index contributed by atoms with van der Waals surface area (Å²) in [5.74, 6) is 0.220. The first-order valence-electron chi connectivity index (χ1n) is 8.28. The van der Waals surface area contributed by atoms with Crippen LogP contribution in [0.15, 0.2) is 23.3 Å². The molecule has 1 saturated heterocycles. The molecular formula is C18H24N2O4. The number of carbonyl (C=O) groups is 2. The lowest BCUT2D eigenvalue weighted by atomic mass is 9.72. The first-order valence-corrected chi connectivity index (χ1v) is 8.28. The maximum absolute atomic E-state index is 12.3. The highest BCUT2D eigenvalue weighted by Crippen LogP contribution is 2.40. The molecule has 0 spiro atoms. The zero-order valence-electron chi connectivity index (χ0n) is 14.4. The Bertz CT molecular complexity index is 603. The van der Waals surface area contributed by atoms with Gasteiger partial charge >= 0.3 is 12.1 Å². The number of esters is 1. The van der Waals surface area contributed by atoms with E-state index in [0.717, 1.165) is 24.0 Å². The zero-order valence-corrected chi connectivity index (χ0v) is 14.4. The van der Waals surface area contributed by atoms with Gasteiger partial charge in [-0.15, -0.1) is 0 Å². The van der Waals surface area contributed by atoms with Gasteiger partial charge in [0.05, 0.1) is 19.8 Å². The topological polar surface area (TPSA) is 79.6 Å². The van der Waals surface area contributed by atoms with E-state index in [4.69, 9.17) is 14.7 Å². The van der Waals surface area contributed by atoms with Gasteiger partial charge < -0.3 is 9.47 Å². The van der Waals surface area contributed by atoms with Crippen molar-refractivity contribution in [1.82, 2.24) is 4.90 Å². The Hall–Kier alpha value is -2.29. The number of fused-ring (bicyclic) bond motifs is 1. The quantitative estimate of drug-likeness (QED) is 0.586. The van der Waals surface area contributed by atoms with Gasteiger partial charge in [0, 0.05) is 12.6 Å². The molecule has 130 valence electrons. The normalized spacial score (nSPS) is 26.8. The summed E-state index contributed by atoms with van der Waals surface area (Å²) >= 11 is 0. The molecule has 1 heterocycles. The van der Waals surface area contributed by atoms with Gasteiger partial charge in [0.15, 0.2) is 0 Å². The Balaban J connectivity index is 2.20. The predicted octanol–water partition coefficient (Wildman–Crippen LogP) is 2.81. The monoisotopic (exact) mass is 332 g/mol. The van der Waals surface area contributed by atoms with E-state index in [9.17, 15) is 9.59 Å². The molecule has 24 heavy (non-hydrogen) atoms. The van der Waals surface area contributed by atoms with Crippen LogP contribution >= 0.6 is 0 Å². The molecule has 0 aromatic heterocycles. The van der Waals surface area contributed by atoms with Crippen molar-refractivity contribution < 1.29 is 19.1 Å². The Morgan fingerprint density at radius 3 is 2.83 bits per heavy atom. The number of amides is 1. The van der Waals surface area contributed by atoms with E-state index >= 15 is 0 Å². The largest absolute Gasteiger partial charge is 0.464 e. The minimum atomic E-state index is -0.599. The Labute approximate surface area is 142 Å². The number of nitrogens with zero attached hydrogens (tertiary/aromatic N) is 2. The van der Waals surface area contributed by atoms with Gasteiger partial charge in [-0.3, -0.25) is 4.90 Å². The molecule has 2 aliphatic rings. The number of nitriles is 1. The number of hydrogen-bond donors (Lipinski definition) is 0. The molecule has 0 aromatic rings. The Morgan fingerprint density at radius 2 is 2.21 bits per heavy atom. The standard InChI is InChI=1S/C18H24N2O4/c1-4-24-17(21)16-10-15-9-13(12(2)7-8-19)5-6-14(15)11-20(16)18(22)23-3/h5,7,14-16H,4,6,9-11H2,1-3H3/b12-7+/t14-,15+,16-/m0/s1. The first kappa shape index (κ1) is 18.1. The molecule has 0 aromatic carbocycles. The molecule has 0 N–H and O–H groups in total. The van der Waals surface area contributed by atoms with Gasteiger partial charge in [-0.1, -0.05) is 6.08 Å². The van der Waals surface area contributed by atoms with E-state index in [0.29, 0.717) is 24.8 Å². The molecule has 6 heteroatoms. The van der Waals surface area contributed by atoms with E-state index in [1.165, 1.54) is 12.0 Å². The van der Waals surface area contributed by atoms with Crippen LogP contribution in [0.2, 0.25) is 0 Å². The Kier molecular flexibility index (Phi) is 6.02. The van der Waals surface area contributed by atoms with Gasteiger partial charge in [0.2, 0.25) is 0 Å². The number of piperidine rings is 1. The number of ether oxygens (including phenoxy) is 2. The number of allylic oxidation sites excluding steroid dienone is 4. The summed E-state index contributed by atoms with van der Waals surface area (Å²) < 4.78 is 9.98. The summed E-state index contributed by atoms with van der Waals surface area (Å²) in [6.07, 6.45) is 5.43. The highest BCUT2D eigenvalue weighted by molar-refractivity contribution is 5.81. The van der Waals surface area contributed by atoms with Crippen LogP contribution in [-0.4, -0.2) is 43.3 Å².